The normalized spacial score (nSPS) is 18.5. The smallest absolute Gasteiger partial charge is 0.410 e. The second kappa shape index (κ2) is 13.7. The molecule has 0 bridgehead atoms. The third kappa shape index (κ3) is 7.42. The molecule has 1 amide bonds. The van der Waals surface area contributed by atoms with Crippen molar-refractivity contribution in [2.24, 2.45) is 18.4 Å². The Balaban J connectivity index is 1.07. The number of ether oxygens (including phenoxy) is 4. The van der Waals surface area contributed by atoms with Gasteiger partial charge in [-0.2, -0.15) is 10.1 Å². The van der Waals surface area contributed by atoms with E-state index in [1.807, 2.05) is 116 Å². The fraction of sp³-hybridized carbons (Fsp3) is 0.390. The number of benzene rings is 3. The molecule has 1 saturated carbocycles. The van der Waals surface area contributed by atoms with Gasteiger partial charge in [0.15, 0.2) is 0 Å². The van der Waals surface area contributed by atoms with Crippen molar-refractivity contribution in [3.8, 4) is 28.8 Å². The molecular weight excluding hydrogens is 628 g/mol. The number of aromatic nitrogens is 3. The molecule has 1 aliphatic carbocycles. The highest BCUT2D eigenvalue weighted by atomic mass is 16.6. The van der Waals surface area contributed by atoms with E-state index in [2.05, 4.69) is 19.1 Å². The molecule has 2 aliphatic rings. The number of rotatable bonds is 9. The zero-order chi connectivity index (χ0) is 34.9. The van der Waals surface area contributed by atoms with Crippen molar-refractivity contribution in [1.29, 1.82) is 0 Å². The van der Waals surface area contributed by atoms with Gasteiger partial charge in [0.25, 0.3) is 0 Å². The summed E-state index contributed by atoms with van der Waals surface area (Å²) in [5.41, 5.74) is 4.33. The van der Waals surface area contributed by atoms with Crippen molar-refractivity contribution in [3.05, 3.63) is 102 Å². The Morgan fingerprint density at radius 1 is 0.900 bits per heavy atom. The van der Waals surface area contributed by atoms with Crippen LogP contribution in [-0.2, 0) is 25.0 Å². The van der Waals surface area contributed by atoms with Crippen LogP contribution in [0.1, 0.15) is 58.1 Å². The third-order valence-corrected chi connectivity index (χ3v) is 9.70. The van der Waals surface area contributed by atoms with E-state index < -0.39 is 5.60 Å². The van der Waals surface area contributed by atoms with Gasteiger partial charge in [-0.1, -0.05) is 67.6 Å². The van der Waals surface area contributed by atoms with Gasteiger partial charge in [-0.25, -0.2) is 4.79 Å². The van der Waals surface area contributed by atoms with Crippen LogP contribution in [0.5, 0.6) is 17.5 Å². The summed E-state index contributed by atoms with van der Waals surface area (Å²) in [4.78, 5) is 19.2. The molecule has 50 heavy (non-hydrogen) atoms. The van der Waals surface area contributed by atoms with Crippen molar-refractivity contribution in [3.63, 3.8) is 0 Å². The van der Waals surface area contributed by atoms with Crippen LogP contribution in [0.15, 0.2) is 91.0 Å². The standard InChI is InChI=1S/C41H46N4O5/c1-28-23-41(26-45(27-41)39(46)50-40(2,3)4)21-20-35(28)49-31-16-17-32-34(22-31)44(5)43-37(32)33-18-19-36(47-24-29-12-8-6-9-13-29)42-38(33)48-25-30-14-10-7-11-15-30/h6-19,22,28,35H,20-21,23-27H2,1-5H3/t28-,35-/m1/s1. The lowest BCUT2D eigenvalue weighted by atomic mass is 9.64. The van der Waals surface area contributed by atoms with Crippen LogP contribution in [0, 0.1) is 11.3 Å². The summed E-state index contributed by atoms with van der Waals surface area (Å²) in [6, 6.07) is 30.1. The number of pyridine rings is 1. The summed E-state index contributed by atoms with van der Waals surface area (Å²) in [6.07, 6.45) is 2.90. The number of aryl methyl sites for hydroxylation is 1. The van der Waals surface area contributed by atoms with Gasteiger partial charge in [-0.15, -0.1) is 0 Å². The van der Waals surface area contributed by atoms with Gasteiger partial charge in [-0.05, 0) is 75.3 Å². The van der Waals surface area contributed by atoms with Crippen molar-refractivity contribution in [1.82, 2.24) is 19.7 Å². The second-order valence-electron chi connectivity index (χ2n) is 14.9. The van der Waals surface area contributed by atoms with Crippen LogP contribution in [0.2, 0.25) is 0 Å². The van der Waals surface area contributed by atoms with E-state index in [1.165, 1.54) is 0 Å². The lowest BCUT2D eigenvalue weighted by molar-refractivity contribution is -0.0757. The SMILES string of the molecule is C[C@@H]1CC2(CC[C@H]1Oc1ccc3c(-c4ccc(OCc5ccccc5)nc4OCc4ccccc4)nn(C)c3c1)CN(C(=O)OC(C)(C)C)C2. The zero-order valence-corrected chi connectivity index (χ0v) is 29.6. The molecule has 3 aromatic carbocycles. The number of carbonyl (C=O) groups excluding carboxylic acids is 1. The molecule has 1 aliphatic heterocycles. The van der Waals surface area contributed by atoms with Crippen molar-refractivity contribution < 1.29 is 23.7 Å². The van der Waals surface area contributed by atoms with Crippen LogP contribution in [-0.4, -0.2) is 50.6 Å². The van der Waals surface area contributed by atoms with Gasteiger partial charge in [0.1, 0.15) is 36.4 Å². The Hall–Kier alpha value is -5.05. The predicted molar refractivity (Wildman–Crippen MR) is 193 cm³/mol. The Morgan fingerprint density at radius 2 is 1.58 bits per heavy atom. The summed E-state index contributed by atoms with van der Waals surface area (Å²) in [7, 11) is 1.95. The largest absolute Gasteiger partial charge is 0.490 e. The first-order valence-corrected chi connectivity index (χ1v) is 17.5. The molecule has 260 valence electrons. The van der Waals surface area contributed by atoms with Crippen molar-refractivity contribution >= 4 is 17.0 Å². The maximum atomic E-state index is 12.5. The predicted octanol–water partition coefficient (Wildman–Crippen LogP) is 8.60. The Kier molecular flexibility index (Phi) is 9.16. The zero-order valence-electron chi connectivity index (χ0n) is 29.6. The van der Waals surface area contributed by atoms with E-state index in [1.54, 1.807) is 0 Å². The molecular formula is C41H46N4O5. The molecule has 0 radical (unpaired) electrons. The number of hydrogen-bond donors (Lipinski definition) is 0. The molecule has 2 atom stereocenters. The number of carbonyl (C=O) groups is 1. The van der Waals surface area contributed by atoms with E-state index in [9.17, 15) is 4.79 Å². The molecule has 9 nitrogen and oxygen atoms in total. The van der Waals surface area contributed by atoms with Gasteiger partial charge in [0, 0.05) is 43.1 Å². The first kappa shape index (κ1) is 33.4. The number of amides is 1. The summed E-state index contributed by atoms with van der Waals surface area (Å²) >= 11 is 0. The van der Waals surface area contributed by atoms with Crippen LogP contribution in [0.3, 0.4) is 0 Å². The van der Waals surface area contributed by atoms with Crippen molar-refractivity contribution in [2.45, 2.75) is 71.9 Å². The molecule has 7 rings (SSSR count). The lowest BCUT2D eigenvalue weighted by Gasteiger charge is -2.54. The molecule has 1 spiro atoms. The fourth-order valence-electron chi connectivity index (χ4n) is 7.27. The highest BCUT2D eigenvalue weighted by Gasteiger charge is 2.50. The number of fused-ring (bicyclic) bond motifs is 1. The Labute approximate surface area is 294 Å². The summed E-state index contributed by atoms with van der Waals surface area (Å²) < 4.78 is 26.5. The molecule has 9 heteroatoms. The lowest BCUT2D eigenvalue weighted by Crippen LogP contribution is -2.61. The maximum Gasteiger partial charge on any atom is 0.410 e. The quantitative estimate of drug-likeness (QED) is 0.155. The average Bonchev–Trinajstić information content (AvgIpc) is 3.41. The number of nitrogens with zero attached hydrogens (tertiary/aromatic N) is 4. The topological polar surface area (TPSA) is 87.9 Å². The highest BCUT2D eigenvalue weighted by Crippen LogP contribution is 2.47. The molecule has 5 aromatic rings. The Morgan fingerprint density at radius 3 is 2.24 bits per heavy atom. The minimum absolute atomic E-state index is 0.104. The van der Waals surface area contributed by atoms with Gasteiger partial charge < -0.3 is 23.8 Å². The second-order valence-corrected chi connectivity index (χ2v) is 14.9. The minimum atomic E-state index is -0.480. The van der Waals surface area contributed by atoms with E-state index >= 15 is 0 Å². The van der Waals surface area contributed by atoms with E-state index in [0.29, 0.717) is 30.9 Å². The number of likely N-dealkylation sites (tertiary alicyclic amines) is 1. The van der Waals surface area contributed by atoms with E-state index in [-0.39, 0.29) is 17.6 Å². The van der Waals surface area contributed by atoms with Crippen LogP contribution >= 0.6 is 0 Å². The third-order valence-electron chi connectivity index (χ3n) is 9.70. The molecule has 0 unspecified atom stereocenters. The van der Waals surface area contributed by atoms with E-state index in [0.717, 1.165) is 71.4 Å². The number of hydrogen-bond acceptors (Lipinski definition) is 7. The summed E-state index contributed by atoms with van der Waals surface area (Å²) in [6.45, 7) is 10.3. The van der Waals surface area contributed by atoms with Gasteiger partial charge in [0.05, 0.1) is 11.1 Å². The molecule has 0 N–H and O–H groups in total. The average molecular weight is 675 g/mol. The molecule has 2 aromatic heterocycles. The molecule has 1 saturated heterocycles. The van der Waals surface area contributed by atoms with Gasteiger partial charge in [0.2, 0.25) is 11.8 Å². The van der Waals surface area contributed by atoms with Gasteiger partial charge in [-0.3, -0.25) is 4.68 Å². The van der Waals surface area contributed by atoms with Gasteiger partial charge >= 0.3 is 6.09 Å². The molecule has 2 fully saturated rings. The Bertz CT molecular complexity index is 1950. The maximum absolute atomic E-state index is 12.5. The minimum Gasteiger partial charge on any atom is -0.490 e. The first-order valence-electron chi connectivity index (χ1n) is 17.5. The summed E-state index contributed by atoms with van der Waals surface area (Å²) in [5, 5.41) is 5.92. The fourth-order valence-corrected chi connectivity index (χ4v) is 7.27. The summed E-state index contributed by atoms with van der Waals surface area (Å²) in [5.74, 6) is 2.14. The molecule has 3 heterocycles. The van der Waals surface area contributed by atoms with Crippen LogP contribution in [0.4, 0.5) is 4.79 Å². The van der Waals surface area contributed by atoms with Crippen molar-refractivity contribution in [2.75, 3.05) is 13.1 Å². The van der Waals surface area contributed by atoms with E-state index in [4.69, 9.17) is 29.0 Å². The first-order chi connectivity index (χ1) is 24.0. The highest BCUT2D eigenvalue weighted by molar-refractivity contribution is 5.95. The van der Waals surface area contributed by atoms with Crippen LogP contribution < -0.4 is 14.2 Å². The van der Waals surface area contributed by atoms with Crippen LogP contribution in [0.25, 0.3) is 22.2 Å². The monoisotopic (exact) mass is 674 g/mol.